The smallest absolute Gasteiger partial charge is 0.157 e. The van der Waals surface area contributed by atoms with Gasteiger partial charge in [0.25, 0.3) is 0 Å². The molecule has 2 aliphatic rings. The second kappa shape index (κ2) is 6.02. The first-order valence-corrected chi connectivity index (χ1v) is 8.53. The maximum atomic E-state index is 4.62. The summed E-state index contributed by atoms with van der Waals surface area (Å²) in [5.41, 5.74) is 1.39. The fourth-order valence-corrected chi connectivity index (χ4v) is 4.60. The van der Waals surface area contributed by atoms with Gasteiger partial charge in [-0.25, -0.2) is 0 Å². The number of benzene rings is 1. The van der Waals surface area contributed by atoms with Crippen LogP contribution in [0.15, 0.2) is 35.3 Å². The van der Waals surface area contributed by atoms with E-state index in [1.165, 1.54) is 23.5 Å². The summed E-state index contributed by atoms with van der Waals surface area (Å²) >= 11 is 3.95. The second-order valence-electron chi connectivity index (χ2n) is 4.77. The van der Waals surface area contributed by atoms with E-state index in [-0.39, 0.29) is 0 Å². The molecule has 2 unspecified atom stereocenters. The van der Waals surface area contributed by atoms with E-state index < -0.39 is 0 Å². The van der Waals surface area contributed by atoms with Crippen LogP contribution >= 0.6 is 23.5 Å². The molecule has 96 valence electrons. The molecule has 0 aliphatic carbocycles. The Morgan fingerprint density at radius 2 is 2.17 bits per heavy atom. The van der Waals surface area contributed by atoms with E-state index in [9.17, 15) is 0 Å². The summed E-state index contributed by atoms with van der Waals surface area (Å²) in [7, 11) is 0. The van der Waals surface area contributed by atoms with E-state index in [0.29, 0.717) is 5.25 Å². The van der Waals surface area contributed by atoms with Crippen molar-refractivity contribution in [2.45, 2.75) is 11.7 Å². The highest BCUT2D eigenvalue weighted by Crippen LogP contribution is 2.34. The van der Waals surface area contributed by atoms with Crippen molar-refractivity contribution in [3.63, 3.8) is 0 Å². The van der Waals surface area contributed by atoms with Gasteiger partial charge in [0.15, 0.2) is 5.17 Å². The minimum Gasteiger partial charge on any atom is -0.365 e. The molecule has 0 saturated carbocycles. The third-order valence-electron chi connectivity index (χ3n) is 3.39. The molecule has 1 fully saturated rings. The standard InChI is InChI=1S/C14H18N2S2/c1-2-4-12(5-3-1)13-9-16-14(18-13)15-8-11-6-7-17-10-11/h1-5,11,13H,6-10H2,(H,15,16). The highest BCUT2D eigenvalue weighted by Gasteiger charge is 2.22. The Labute approximate surface area is 117 Å². The van der Waals surface area contributed by atoms with Crippen LogP contribution < -0.4 is 5.32 Å². The monoisotopic (exact) mass is 278 g/mol. The summed E-state index contributed by atoms with van der Waals surface area (Å²) in [6.07, 6.45) is 1.36. The van der Waals surface area contributed by atoms with Gasteiger partial charge in [-0.3, -0.25) is 4.99 Å². The molecule has 0 amide bonds. The molecule has 2 heterocycles. The number of thioether (sulfide) groups is 2. The van der Waals surface area contributed by atoms with Gasteiger partial charge in [0.2, 0.25) is 0 Å². The van der Waals surface area contributed by atoms with Gasteiger partial charge in [-0.05, 0) is 29.4 Å². The molecule has 1 aromatic rings. The zero-order valence-electron chi connectivity index (χ0n) is 10.3. The summed E-state index contributed by atoms with van der Waals surface area (Å²) in [6, 6.07) is 10.7. The Kier molecular flexibility index (Phi) is 4.16. The molecule has 2 nitrogen and oxygen atoms in total. The van der Waals surface area contributed by atoms with E-state index in [2.05, 4.69) is 52.4 Å². The van der Waals surface area contributed by atoms with E-state index in [4.69, 9.17) is 0 Å². The highest BCUT2D eigenvalue weighted by molar-refractivity contribution is 8.14. The molecule has 4 heteroatoms. The summed E-state index contributed by atoms with van der Waals surface area (Å²) in [6.45, 7) is 2.01. The molecule has 0 spiro atoms. The molecular formula is C14H18N2S2. The molecule has 2 atom stereocenters. The van der Waals surface area contributed by atoms with Crippen LogP contribution in [0.3, 0.4) is 0 Å². The highest BCUT2D eigenvalue weighted by atomic mass is 32.2. The lowest BCUT2D eigenvalue weighted by molar-refractivity contribution is 0.583. The van der Waals surface area contributed by atoms with Gasteiger partial charge in [-0.15, -0.1) is 0 Å². The van der Waals surface area contributed by atoms with Crippen molar-refractivity contribution in [3.05, 3.63) is 35.9 Å². The van der Waals surface area contributed by atoms with Crippen molar-refractivity contribution in [1.29, 1.82) is 0 Å². The summed E-state index contributed by atoms with van der Waals surface area (Å²) in [5.74, 6) is 3.49. The van der Waals surface area contributed by atoms with Crippen LogP contribution in [-0.4, -0.2) is 29.8 Å². The zero-order chi connectivity index (χ0) is 12.2. The van der Waals surface area contributed by atoms with E-state index in [1.807, 2.05) is 11.8 Å². The first-order chi connectivity index (χ1) is 8.92. The van der Waals surface area contributed by atoms with Gasteiger partial charge >= 0.3 is 0 Å². The summed E-state index contributed by atoms with van der Waals surface area (Å²) in [5, 5.41) is 5.17. The molecule has 0 radical (unpaired) electrons. The molecular weight excluding hydrogens is 260 g/mol. The Morgan fingerprint density at radius 1 is 1.28 bits per heavy atom. The number of nitrogens with zero attached hydrogens (tertiary/aromatic N) is 1. The summed E-state index contributed by atoms with van der Waals surface area (Å²) in [4.78, 5) is 4.62. The van der Waals surface area contributed by atoms with Crippen molar-refractivity contribution < 1.29 is 0 Å². The first kappa shape index (κ1) is 12.4. The molecule has 0 bridgehead atoms. The van der Waals surface area contributed by atoms with Crippen molar-refractivity contribution in [2.75, 3.05) is 24.6 Å². The molecule has 1 saturated heterocycles. The van der Waals surface area contributed by atoms with Crippen LogP contribution in [0.25, 0.3) is 0 Å². The SMILES string of the molecule is c1ccc(C2CN=C(NCC3CCSC3)S2)cc1. The number of amidine groups is 1. The van der Waals surface area contributed by atoms with Gasteiger partial charge in [0.05, 0.1) is 11.8 Å². The minimum absolute atomic E-state index is 0.506. The minimum atomic E-state index is 0.506. The van der Waals surface area contributed by atoms with E-state index >= 15 is 0 Å². The van der Waals surface area contributed by atoms with Crippen LogP contribution in [0.2, 0.25) is 0 Å². The van der Waals surface area contributed by atoms with Crippen LogP contribution in [0.4, 0.5) is 0 Å². The lowest BCUT2D eigenvalue weighted by atomic mass is 10.1. The molecule has 3 rings (SSSR count). The van der Waals surface area contributed by atoms with Crippen LogP contribution in [-0.2, 0) is 0 Å². The van der Waals surface area contributed by atoms with Crippen molar-refractivity contribution in [3.8, 4) is 0 Å². The van der Waals surface area contributed by atoms with Crippen LogP contribution in [0, 0.1) is 5.92 Å². The lowest BCUT2D eigenvalue weighted by Crippen LogP contribution is -2.26. The van der Waals surface area contributed by atoms with Gasteiger partial charge in [0, 0.05) is 6.54 Å². The van der Waals surface area contributed by atoms with Gasteiger partial charge in [-0.1, -0.05) is 42.1 Å². The predicted molar refractivity (Wildman–Crippen MR) is 82.5 cm³/mol. The fourth-order valence-electron chi connectivity index (χ4n) is 2.29. The molecule has 1 N–H and O–H groups in total. The van der Waals surface area contributed by atoms with E-state index in [1.54, 1.807) is 0 Å². The maximum absolute atomic E-state index is 4.62. The van der Waals surface area contributed by atoms with E-state index in [0.717, 1.165) is 24.2 Å². The average molecular weight is 278 g/mol. The molecule has 2 aliphatic heterocycles. The second-order valence-corrected chi connectivity index (χ2v) is 7.11. The molecule has 18 heavy (non-hydrogen) atoms. The average Bonchev–Trinajstić information content (AvgIpc) is 3.09. The normalized spacial score (nSPS) is 27.2. The number of aliphatic imine (C=N–C) groups is 1. The Morgan fingerprint density at radius 3 is 2.94 bits per heavy atom. The lowest BCUT2D eigenvalue weighted by Gasteiger charge is -2.12. The fraction of sp³-hybridized carbons (Fsp3) is 0.500. The summed E-state index contributed by atoms with van der Waals surface area (Å²) < 4.78 is 0. The van der Waals surface area contributed by atoms with Crippen LogP contribution in [0.1, 0.15) is 17.2 Å². The zero-order valence-corrected chi connectivity index (χ0v) is 12.0. The third kappa shape index (κ3) is 3.04. The first-order valence-electron chi connectivity index (χ1n) is 6.49. The number of nitrogens with one attached hydrogen (secondary N) is 1. The maximum Gasteiger partial charge on any atom is 0.157 e. The van der Waals surface area contributed by atoms with Gasteiger partial charge in [-0.2, -0.15) is 11.8 Å². The van der Waals surface area contributed by atoms with Gasteiger partial charge in [0.1, 0.15) is 0 Å². The van der Waals surface area contributed by atoms with Crippen molar-refractivity contribution in [2.24, 2.45) is 10.9 Å². The third-order valence-corrected chi connectivity index (χ3v) is 5.83. The van der Waals surface area contributed by atoms with Gasteiger partial charge < -0.3 is 5.32 Å². The number of hydrogen-bond acceptors (Lipinski definition) is 4. The Hall–Kier alpha value is -0.610. The topological polar surface area (TPSA) is 24.4 Å². The predicted octanol–water partition coefficient (Wildman–Crippen LogP) is 3.17. The molecule has 0 aromatic heterocycles. The van der Waals surface area contributed by atoms with Crippen molar-refractivity contribution in [1.82, 2.24) is 5.32 Å². The largest absolute Gasteiger partial charge is 0.365 e. The Balaban J connectivity index is 1.49. The van der Waals surface area contributed by atoms with Crippen LogP contribution in [0.5, 0.6) is 0 Å². The number of rotatable bonds is 3. The number of hydrogen-bond donors (Lipinski definition) is 1. The van der Waals surface area contributed by atoms with Crippen molar-refractivity contribution >= 4 is 28.7 Å². The quantitative estimate of drug-likeness (QED) is 0.919. The molecule has 1 aromatic carbocycles. The Bertz CT molecular complexity index is 413.